The second kappa shape index (κ2) is 9.18. The van der Waals surface area contributed by atoms with E-state index in [-0.39, 0.29) is 23.7 Å². The van der Waals surface area contributed by atoms with Crippen molar-refractivity contribution < 1.29 is 22.7 Å². The van der Waals surface area contributed by atoms with Gasteiger partial charge in [0.2, 0.25) is 0 Å². The van der Waals surface area contributed by atoms with Gasteiger partial charge in [0, 0.05) is 19.2 Å². The molecule has 2 N–H and O–H groups in total. The zero-order chi connectivity index (χ0) is 18.9. The van der Waals surface area contributed by atoms with E-state index in [9.17, 15) is 18.0 Å². The van der Waals surface area contributed by atoms with Crippen molar-refractivity contribution in [3.8, 4) is 12.1 Å². The lowest BCUT2D eigenvalue weighted by Gasteiger charge is -2.15. The highest BCUT2D eigenvalue weighted by Gasteiger charge is 2.31. The summed E-state index contributed by atoms with van der Waals surface area (Å²) in [5.41, 5.74) is -0.770. The molecule has 0 saturated carbocycles. The average Bonchev–Trinajstić information content (AvgIpc) is 2.59. The second-order valence-corrected chi connectivity index (χ2v) is 4.79. The number of carbonyl (C=O) groups is 1. The Morgan fingerprint density at radius 1 is 1.28 bits per heavy atom. The highest BCUT2D eigenvalue weighted by Crippen LogP contribution is 2.34. The van der Waals surface area contributed by atoms with E-state index in [1.54, 1.807) is 12.1 Å². The maximum Gasteiger partial charge on any atom is 0.416 e. The van der Waals surface area contributed by atoms with Gasteiger partial charge in [-0.2, -0.15) is 23.7 Å². The van der Waals surface area contributed by atoms with E-state index in [1.807, 2.05) is 0 Å². The van der Waals surface area contributed by atoms with Crippen LogP contribution >= 0.6 is 0 Å². The zero-order valence-electron chi connectivity index (χ0n) is 13.3. The molecule has 0 radical (unpaired) electrons. The number of benzene rings is 1. The molecular weight excluding hydrogens is 337 g/mol. The monoisotopic (exact) mass is 352 g/mol. The Labute approximate surface area is 142 Å². The normalized spacial score (nSPS) is 10.2. The van der Waals surface area contributed by atoms with E-state index in [1.165, 1.54) is 13.2 Å². The smallest absolute Gasteiger partial charge is 0.416 e. The Morgan fingerprint density at radius 2 is 1.96 bits per heavy atom. The van der Waals surface area contributed by atoms with E-state index in [2.05, 4.69) is 15.4 Å². The predicted molar refractivity (Wildman–Crippen MR) is 84.1 cm³/mol. The van der Waals surface area contributed by atoms with Crippen molar-refractivity contribution in [1.29, 1.82) is 10.5 Å². The number of nitriles is 2. The SMILES string of the molecule is COC(=O)CCCNc1ccc(C(F)(F)F)cc1NC=C(C#N)C#N. The van der Waals surface area contributed by atoms with Crippen LogP contribution in [0.1, 0.15) is 18.4 Å². The highest BCUT2D eigenvalue weighted by atomic mass is 19.4. The number of hydrogen-bond acceptors (Lipinski definition) is 6. The largest absolute Gasteiger partial charge is 0.469 e. The first-order valence-electron chi connectivity index (χ1n) is 7.10. The van der Waals surface area contributed by atoms with Crippen LogP contribution in [0.5, 0.6) is 0 Å². The molecule has 0 amide bonds. The number of carbonyl (C=O) groups excluding carboxylic acids is 1. The first-order chi connectivity index (χ1) is 11.8. The van der Waals surface area contributed by atoms with Gasteiger partial charge in [0.1, 0.15) is 17.7 Å². The quantitative estimate of drug-likeness (QED) is 0.443. The zero-order valence-corrected chi connectivity index (χ0v) is 13.3. The van der Waals surface area contributed by atoms with Gasteiger partial charge in [-0.25, -0.2) is 0 Å². The minimum Gasteiger partial charge on any atom is -0.469 e. The number of nitrogens with zero attached hydrogens (tertiary/aromatic N) is 2. The lowest BCUT2D eigenvalue weighted by atomic mass is 10.1. The standard InChI is InChI=1S/C16H15F3N4O2/c1-25-15(24)3-2-6-22-13-5-4-12(16(17,18)19)7-14(13)23-10-11(8-20)9-21/h4-5,7,10,22-23H,2-3,6H2,1H3. The summed E-state index contributed by atoms with van der Waals surface area (Å²) in [5.74, 6) is -0.386. The molecule has 1 rings (SSSR count). The van der Waals surface area contributed by atoms with Gasteiger partial charge in [-0.1, -0.05) is 0 Å². The van der Waals surface area contributed by atoms with Crippen LogP contribution in [-0.2, 0) is 15.7 Å². The summed E-state index contributed by atoms with van der Waals surface area (Å²) < 4.78 is 43.0. The van der Waals surface area contributed by atoms with Gasteiger partial charge in [0.05, 0.1) is 24.0 Å². The van der Waals surface area contributed by atoms with Gasteiger partial charge in [-0.15, -0.1) is 0 Å². The number of esters is 1. The molecule has 1 aromatic rings. The van der Waals surface area contributed by atoms with E-state index < -0.39 is 11.7 Å². The summed E-state index contributed by atoms with van der Waals surface area (Å²) in [7, 11) is 1.27. The molecule has 0 fully saturated rings. The molecule has 0 aliphatic carbocycles. The Bertz CT molecular complexity index is 714. The van der Waals surface area contributed by atoms with Crippen molar-refractivity contribution in [2.75, 3.05) is 24.3 Å². The molecule has 1 aromatic carbocycles. The van der Waals surface area contributed by atoms with Crippen LogP contribution < -0.4 is 10.6 Å². The molecular formula is C16H15F3N4O2. The van der Waals surface area contributed by atoms with Gasteiger partial charge in [0.15, 0.2) is 0 Å². The van der Waals surface area contributed by atoms with Crippen LogP contribution in [0.25, 0.3) is 0 Å². The van der Waals surface area contributed by atoms with Gasteiger partial charge in [-0.05, 0) is 24.6 Å². The third-order valence-corrected chi connectivity index (χ3v) is 3.06. The minimum atomic E-state index is -4.53. The fourth-order valence-electron chi connectivity index (χ4n) is 1.79. The fourth-order valence-corrected chi connectivity index (χ4v) is 1.79. The molecule has 9 heteroatoms. The van der Waals surface area contributed by atoms with E-state index in [4.69, 9.17) is 10.5 Å². The first-order valence-corrected chi connectivity index (χ1v) is 7.10. The van der Waals surface area contributed by atoms with Crippen molar-refractivity contribution in [1.82, 2.24) is 0 Å². The van der Waals surface area contributed by atoms with Crippen molar-refractivity contribution >= 4 is 17.3 Å². The molecule has 0 aliphatic rings. The molecule has 25 heavy (non-hydrogen) atoms. The number of halogens is 3. The van der Waals surface area contributed by atoms with Crippen LogP contribution in [-0.4, -0.2) is 19.6 Å². The van der Waals surface area contributed by atoms with Crippen LogP contribution in [0.4, 0.5) is 24.5 Å². The maximum atomic E-state index is 12.8. The number of allylic oxidation sites excluding steroid dienone is 1. The number of alkyl halides is 3. The minimum absolute atomic E-state index is 0.0518. The van der Waals surface area contributed by atoms with Crippen LogP contribution in [0.3, 0.4) is 0 Å². The molecule has 0 spiro atoms. The summed E-state index contributed by atoms with van der Waals surface area (Å²) in [6, 6.07) is 6.21. The lowest BCUT2D eigenvalue weighted by Crippen LogP contribution is -2.10. The maximum absolute atomic E-state index is 12.8. The molecule has 0 aromatic heterocycles. The first kappa shape index (κ1) is 19.8. The number of rotatable bonds is 7. The van der Waals surface area contributed by atoms with Gasteiger partial charge in [0.25, 0.3) is 0 Å². The Balaban J connectivity index is 2.95. The number of methoxy groups -OCH3 is 1. The number of anilines is 2. The summed E-state index contributed by atoms with van der Waals surface area (Å²) in [6.07, 6.45) is -2.92. The third-order valence-electron chi connectivity index (χ3n) is 3.06. The summed E-state index contributed by atoms with van der Waals surface area (Å²) in [5, 5.41) is 22.8. The van der Waals surface area contributed by atoms with Gasteiger partial charge in [-0.3, -0.25) is 4.79 Å². The van der Waals surface area contributed by atoms with E-state index in [0.717, 1.165) is 18.3 Å². The molecule has 0 saturated heterocycles. The van der Waals surface area contributed by atoms with Gasteiger partial charge >= 0.3 is 12.1 Å². The molecule has 0 bridgehead atoms. The fraction of sp³-hybridized carbons (Fsp3) is 0.312. The third kappa shape index (κ3) is 6.43. The number of nitrogens with one attached hydrogen (secondary N) is 2. The molecule has 0 heterocycles. The highest BCUT2D eigenvalue weighted by molar-refractivity contribution is 5.72. The topological polar surface area (TPSA) is 97.9 Å². The predicted octanol–water partition coefficient (Wildman–Crippen LogP) is 3.41. The Hall–Kier alpha value is -3.20. The lowest BCUT2D eigenvalue weighted by molar-refractivity contribution is -0.140. The Kier molecular flexibility index (Phi) is 7.29. The molecule has 132 valence electrons. The van der Waals surface area contributed by atoms with Crippen molar-refractivity contribution in [3.63, 3.8) is 0 Å². The van der Waals surface area contributed by atoms with E-state index in [0.29, 0.717) is 18.7 Å². The van der Waals surface area contributed by atoms with E-state index >= 15 is 0 Å². The van der Waals surface area contributed by atoms with Crippen molar-refractivity contribution in [3.05, 3.63) is 35.5 Å². The summed E-state index contributed by atoms with van der Waals surface area (Å²) in [4.78, 5) is 11.0. The van der Waals surface area contributed by atoms with Crippen LogP contribution in [0, 0.1) is 22.7 Å². The average molecular weight is 352 g/mol. The van der Waals surface area contributed by atoms with Crippen LogP contribution in [0.2, 0.25) is 0 Å². The van der Waals surface area contributed by atoms with Crippen molar-refractivity contribution in [2.24, 2.45) is 0 Å². The molecule has 0 aliphatic heterocycles. The molecule has 6 nitrogen and oxygen atoms in total. The molecule has 0 unspecified atom stereocenters. The second-order valence-electron chi connectivity index (χ2n) is 4.79. The number of hydrogen-bond donors (Lipinski definition) is 2. The van der Waals surface area contributed by atoms with Crippen molar-refractivity contribution in [2.45, 2.75) is 19.0 Å². The molecule has 0 atom stereocenters. The van der Waals surface area contributed by atoms with Gasteiger partial charge < -0.3 is 15.4 Å². The van der Waals surface area contributed by atoms with Crippen LogP contribution in [0.15, 0.2) is 30.0 Å². The number of ether oxygens (including phenoxy) is 1. The summed E-state index contributed by atoms with van der Waals surface area (Å²) >= 11 is 0. The summed E-state index contributed by atoms with van der Waals surface area (Å²) in [6.45, 7) is 0.322. The Morgan fingerprint density at radius 3 is 2.52 bits per heavy atom.